The van der Waals surface area contributed by atoms with Crippen LogP contribution in [0.15, 0.2) is 199 Å². The Morgan fingerprint density at radius 2 is 0.862 bits per heavy atom. The molecule has 0 N–H and O–H groups in total. The second kappa shape index (κ2) is 12.4. The van der Waals surface area contributed by atoms with Crippen LogP contribution in [0.5, 0.6) is 0 Å². The molecule has 11 aromatic rings. The number of hydrogen-bond donors (Lipinski definition) is 0. The van der Waals surface area contributed by atoms with Gasteiger partial charge < -0.3 is 4.42 Å². The first-order valence-corrected chi connectivity index (χ1v) is 20.2. The monoisotopic (exact) mass is 738 g/mol. The molecule has 0 aliphatic heterocycles. The average molecular weight is 739 g/mol. The van der Waals surface area contributed by atoms with E-state index in [1.807, 2.05) is 12.1 Å². The molecule has 1 aliphatic carbocycles. The maximum atomic E-state index is 6.22. The Hall–Kier alpha value is -7.22. The highest BCUT2D eigenvalue weighted by atomic mass is 16.3. The van der Waals surface area contributed by atoms with Crippen LogP contribution in [0, 0.1) is 0 Å². The van der Waals surface area contributed by atoms with E-state index in [-0.39, 0.29) is 5.41 Å². The van der Waals surface area contributed by atoms with Crippen LogP contribution in [0.25, 0.3) is 110 Å². The molecule has 58 heavy (non-hydrogen) atoms. The van der Waals surface area contributed by atoms with E-state index < -0.39 is 0 Å². The Balaban J connectivity index is 1.03. The van der Waals surface area contributed by atoms with Gasteiger partial charge in [0.25, 0.3) is 0 Å². The normalized spacial score (nSPS) is 13.1. The van der Waals surface area contributed by atoms with Gasteiger partial charge in [-0.1, -0.05) is 166 Å². The number of fused-ring (bicyclic) bond motifs is 9. The Morgan fingerprint density at radius 3 is 1.62 bits per heavy atom. The lowest BCUT2D eigenvalue weighted by molar-refractivity contribution is 0.661. The minimum Gasteiger partial charge on any atom is -0.456 e. The van der Waals surface area contributed by atoms with Crippen molar-refractivity contribution in [2.45, 2.75) is 19.3 Å². The highest BCUT2D eigenvalue weighted by molar-refractivity contribution is 6.22. The van der Waals surface area contributed by atoms with Gasteiger partial charge in [0, 0.05) is 16.2 Å². The summed E-state index contributed by atoms with van der Waals surface area (Å²) in [6.45, 7) is 4.73. The fourth-order valence-corrected chi connectivity index (χ4v) is 10.0. The molecule has 0 bridgehead atoms. The van der Waals surface area contributed by atoms with E-state index in [1.54, 1.807) is 0 Å². The zero-order chi connectivity index (χ0) is 38.5. The molecule has 12 rings (SSSR count). The number of rotatable bonds is 4. The van der Waals surface area contributed by atoms with Crippen LogP contribution < -0.4 is 0 Å². The molecule has 0 radical (unpaired) electrons. The van der Waals surface area contributed by atoms with Crippen molar-refractivity contribution < 1.29 is 4.42 Å². The number of hydrogen-bond acceptors (Lipinski definition) is 1. The van der Waals surface area contributed by atoms with Crippen LogP contribution in [-0.4, -0.2) is 0 Å². The Bertz CT molecular complexity index is 3430. The van der Waals surface area contributed by atoms with Crippen LogP contribution in [0.1, 0.15) is 25.0 Å². The summed E-state index contributed by atoms with van der Waals surface area (Å²) in [6, 6.07) is 71.6. The van der Waals surface area contributed by atoms with Gasteiger partial charge in [-0.3, -0.25) is 0 Å². The first-order valence-electron chi connectivity index (χ1n) is 20.2. The molecule has 272 valence electrons. The summed E-state index contributed by atoms with van der Waals surface area (Å²) in [5.41, 5.74) is 17.0. The minimum absolute atomic E-state index is 0.0619. The van der Waals surface area contributed by atoms with Gasteiger partial charge in [-0.2, -0.15) is 0 Å². The van der Waals surface area contributed by atoms with E-state index in [9.17, 15) is 0 Å². The second-order valence-corrected chi connectivity index (χ2v) is 16.4. The molecule has 0 fully saturated rings. The molecule has 0 unspecified atom stereocenters. The summed E-state index contributed by atoms with van der Waals surface area (Å²) in [5.74, 6) is 0. The topological polar surface area (TPSA) is 13.1 Å². The first kappa shape index (κ1) is 33.0. The molecule has 0 spiro atoms. The predicted molar refractivity (Wildman–Crippen MR) is 246 cm³/mol. The van der Waals surface area contributed by atoms with Crippen molar-refractivity contribution in [1.29, 1.82) is 0 Å². The number of furan rings is 1. The van der Waals surface area contributed by atoms with E-state index in [4.69, 9.17) is 4.42 Å². The molecule has 0 saturated carbocycles. The van der Waals surface area contributed by atoms with Gasteiger partial charge in [-0.15, -0.1) is 0 Å². The standard InChI is InChI=1S/C57H38O/c1-57(2)51-28-26-38(32-48(51)49-31-36-14-3-4-15-37(36)34-52(49)57)35-16-13-17-40(30-35)55-44-21-7-9-23-46(44)56(47-24-10-8-22-45(47)55)43-20-6-5-18-41(43)39-27-29-54-50(33-39)42-19-11-12-25-53(42)58-54/h3-34H,1-2H3. The van der Waals surface area contributed by atoms with Crippen molar-refractivity contribution in [3.63, 3.8) is 0 Å². The largest absolute Gasteiger partial charge is 0.456 e. The summed E-state index contributed by atoms with van der Waals surface area (Å²) < 4.78 is 6.22. The smallest absolute Gasteiger partial charge is 0.135 e. The van der Waals surface area contributed by atoms with Crippen molar-refractivity contribution in [3.8, 4) is 55.6 Å². The molecule has 10 aromatic carbocycles. The Morgan fingerprint density at radius 1 is 0.310 bits per heavy atom. The van der Waals surface area contributed by atoms with Gasteiger partial charge in [0.15, 0.2) is 0 Å². The maximum absolute atomic E-state index is 6.22. The second-order valence-electron chi connectivity index (χ2n) is 16.4. The van der Waals surface area contributed by atoms with E-state index in [0.717, 1.165) is 21.9 Å². The fraction of sp³-hybridized carbons (Fsp3) is 0.0526. The number of benzene rings is 10. The van der Waals surface area contributed by atoms with Crippen LogP contribution in [0.2, 0.25) is 0 Å². The molecule has 1 nitrogen and oxygen atoms in total. The summed E-state index contributed by atoms with van der Waals surface area (Å²) in [6.07, 6.45) is 0. The van der Waals surface area contributed by atoms with Crippen molar-refractivity contribution in [1.82, 2.24) is 0 Å². The molecule has 0 atom stereocenters. The summed E-state index contributed by atoms with van der Waals surface area (Å²) in [5, 5.41) is 9.84. The lowest BCUT2D eigenvalue weighted by Gasteiger charge is -2.22. The molecule has 1 heterocycles. The zero-order valence-electron chi connectivity index (χ0n) is 32.4. The first-order chi connectivity index (χ1) is 28.5. The third-order valence-electron chi connectivity index (χ3n) is 12.8. The van der Waals surface area contributed by atoms with Gasteiger partial charge in [-0.05, 0) is 142 Å². The van der Waals surface area contributed by atoms with Crippen molar-refractivity contribution >= 4 is 54.3 Å². The van der Waals surface area contributed by atoms with Crippen LogP contribution in [0.4, 0.5) is 0 Å². The Labute approximate surface area is 337 Å². The third-order valence-corrected chi connectivity index (χ3v) is 12.8. The molecule has 0 amide bonds. The lowest BCUT2D eigenvalue weighted by atomic mass is 9.81. The summed E-state index contributed by atoms with van der Waals surface area (Å²) >= 11 is 0. The van der Waals surface area contributed by atoms with Gasteiger partial charge in [-0.25, -0.2) is 0 Å². The quantitative estimate of drug-likeness (QED) is 0.164. The Kier molecular flexibility index (Phi) is 7.04. The molecule has 0 saturated heterocycles. The SMILES string of the molecule is CC1(C)c2ccc(-c3cccc(-c4c5ccccc5c(-c5ccccc5-c5ccc6oc7ccccc7c6c5)c5ccccc45)c3)cc2-c2cc3ccccc3cc21. The van der Waals surface area contributed by atoms with Crippen molar-refractivity contribution in [2.24, 2.45) is 0 Å². The summed E-state index contributed by atoms with van der Waals surface area (Å²) in [4.78, 5) is 0. The lowest BCUT2D eigenvalue weighted by Crippen LogP contribution is -2.14. The van der Waals surface area contributed by atoms with E-state index >= 15 is 0 Å². The van der Waals surface area contributed by atoms with E-state index in [0.29, 0.717) is 0 Å². The van der Waals surface area contributed by atoms with Crippen LogP contribution >= 0.6 is 0 Å². The maximum Gasteiger partial charge on any atom is 0.135 e. The number of para-hydroxylation sites is 1. The minimum atomic E-state index is -0.0619. The third kappa shape index (κ3) is 4.83. The van der Waals surface area contributed by atoms with Crippen LogP contribution in [0.3, 0.4) is 0 Å². The summed E-state index contributed by atoms with van der Waals surface area (Å²) in [7, 11) is 0. The van der Waals surface area contributed by atoms with E-state index in [2.05, 4.69) is 196 Å². The fourth-order valence-electron chi connectivity index (χ4n) is 10.0. The van der Waals surface area contributed by atoms with Gasteiger partial charge in [0.1, 0.15) is 11.2 Å². The van der Waals surface area contributed by atoms with Crippen molar-refractivity contribution in [3.05, 3.63) is 205 Å². The highest BCUT2D eigenvalue weighted by Crippen LogP contribution is 2.52. The zero-order valence-corrected chi connectivity index (χ0v) is 32.4. The van der Waals surface area contributed by atoms with Crippen LogP contribution in [-0.2, 0) is 5.41 Å². The molecular formula is C57H38O. The molecular weight excluding hydrogens is 701 g/mol. The van der Waals surface area contributed by atoms with Crippen molar-refractivity contribution in [2.75, 3.05) is 0 Å². The average Bonchev–Trinajstić information content (AvgIpc) is 3.75. The van der Waals surface area contributed by atoms with Gasteiger partial charge >= 0.3 is 0 Å². The van der Waals surface area contributed by atoms with Gasteiger partial charge in [0.2, 0.25) is 0 Å². The molecule has 1 heteroatoms. The van der Waals surface area contributed by atoms with E-state index in [1.165, 1.54) is 99.1 Å². The highest BCUT2D eigenvalue weighted by Gasteiger charge is 2.36. The molecule has 1 aromatic heterocycles. The predicted octanol–water partition coefficient (Wildman–Crippen LogP) is 16.0. The molecule has 1 aliphatic rings. The van der Waals surface area contributed by atoms with Gasteiger partial charge in [0.05, 0.1) is 0 Å².